The fourth-order valence-electron chi connectivity index (χ4n) is 2.71. The Bertz CT molecular complexity index is 713. The number of carbonyl (C=O) groups is 2. The third-order valence-corrected chi connectivity index (χ3v) is 4.09. The highest BCUT2D eigenvalue weighted by atomic mass is 16.5. The molecule has 2 aromatic carbocycles. The van der Waals surface area contributed by atoms with Crippen LogP contribution >= 0.6 is 0 Å². The highest BCUT2D eigenvalue weighted by Crippen LogP contribution is 2.16. The number of amides is 1. The van der Waals surface area contributed by atoms with Gasteiger partial charge in [0.05, 0.1) is 0 Å². The van der Waals surface area contributed by atoms with Crippen LogP contribution < -0.4 is 10.5 Å². The van der Waals surface area contributed by atoms with Crippen LogP contribution in [0.15, 0.2) is 54.6 Å². The van der Waals surface area contributed by atoms with E-state index in [9.17, 15) is 9.59 Å². The molecule has 0 aromatic heterocycles. The molecule has 0 bridgehead atoms. The van der Waals surface area contributed by atoms with Gasteiger partial charge in [-0.1, -0.05) is 30.3 Å². The number of carbonyl (C=O) groups excluding carboxylic acids is 2. The Kier molecular flexibility index (Phi) is 4.91. The van der Waals surface area contributed by atoms with E-state index < -0.39 is 0 Å². The molecule has 0 radical (unpaired) electrons. The van der Waals surface area contributed by atoms with Crippen LogP contribution in [0.25, 0.3) is 0 Å². The summed E-state index contributed by atoms with van der Waals surface area (Å²) in [5, 5.41) is 0. The second kappa shape index (κ2) is 7.27. The van der Waals surface area contributed by atoms with Crippen LogP contribution in [0.3, 0.4) is 0 Å². The molecule has 24 heavy (non-hydrogen) atoms. The predicted octanol–water partition coefficient (Wildman–Crippen LogP) is 1.86. The lowest BCUT2D eigenvalue weighted by atomic mass is 10.0. The van der Waals surface area contributed by atoms with Gasteiger partial charge in [-0.05, 0) is 30.7 Å². The number of hydrogen-bond acceptors (Lipinski definition) is 4. The van der Waals surface area contributed by atoms with Gasteiger partial charge in [-0.2, -0.15) is 0 Å². The number of ether oxygens (including phenoxy) is 1. The summed E-state index contributed by atoms with van der Waals surface area (Å²) in [6.07, 6.45) is 0.835. The van der Waals surface area contributed by atoms with Crippen molar-refractivity contribution in [3.05, 3.63) is 65.7 Å². The average Bonchev–Trinajstić information content (AvgIpc) is 3.07. The first-order valence-electron chi connectivity index (χ1n) is 7.99. The minimum atomic E-state index is -0.0626. The van der Waals surface area contributed by atoms with Gasteiger partial charge in [0.25, 0.3) is 5.91 Å². The molecule has 1 fully saturated rings. The summed E-state index contributed by atoms with van der Waals surface area (Å²) < 4.78 is 5.51. The summed E-state index contributed by atoms with van der Waals surface area (Å²) in [5.41, 5.74) is 7.03. The van der Waals surface area contributed by atoms with Crippen LogP contribution in [-0.2, 0) is 4.79 Å². The fourth-order valence-corrected chi connectivity index (χ4v) is 2.71. The van der Waals surface area contributed by atoms with Gasteiger partial charge >= 0.3 is 0 Å². The zero-order chi connectivity index (χ0) is 16.9. The van der Waals surface area contributed by atoms with Gasteiger partial charge in [-0.25, -0.2) is 0 Å². The van der Waals surface area contributed by atoms with E-state index in [0.29, 0.717) is 30.0 Å². The molecule has 1 aliphatic rings. The predicted molar refractivity (Wildman–Crippen MR) is 91.0 cm³/mol. The summed E-state index contributed by atoms with van der Waals surface area (Å²) >= 11 is 0. The average molecular weight is 324 g/mol. The minimum Gasteiger partial charge on any atom is -0.484 e. The molecule has 5 nitrogen and oxygen atoms in total. The van der Waals surface area contributed by atoms with Crippen LogP contribution in [0.1, 0.15) is 22.3 Å². The fraction of sp³-hybridized carbons (Fsp3) is 0.263. The first-order valence-corrected chi connectivity index (χ1v) is 7.99. The third-order valence-electron chi connectivity index (χ3n) is 4.09. The van der Waals surface area contributed by atoms with E-state index in [1.807, 2.05) is 18.2 Å². The Morgan fingerprint density at radius 2 is 1.71 bits per heavy atom. The third kappa shape index (κ3) is 3.81. The van der Waals surface area contributed by atoms with Crippen LogP contribution in [0.2, 0.25) is 0 Å². The van der Waals surface area contributed by atoms with Crippen molar-refractivity contribution in [1.82, 2.24) is 4.90 Å². The molecule has 0 spiro atoms. The first kappa shape index (κ1) is 16.2. The van der Waals surface area contributed by atoms with Crippen molar-refractivity contribution in [3.8, 4) is 5.75 Å². The summed E-state index contributed by atoms with van der Waals surface area (Å²) in [7, 11) is 0. The van der Waals surface area contributed by atoms with Crippen LogP contribution in [0.4, 0.5) is 0 Å². The van der Waals surface area contributed by atoms with E-state index in [1.54, 1.807) is 41.3 Å². The zero-order valence-electron chi connectivity index (χ0n) is 13.4. The Balaban J connectivity index is 1.57. The maximum atomic E-state index is 12.3. The second-order valence-corrected chi connectivity index (χ2v) is 5.90. The van der Waals surface area contributed by atoms with Gasteiger partial charge in [0, 0.05) is 30.3 Å². The molecule has 5 heteroatoms. The summed E-state index contributed by atoms with van der Waals surface area (Å²) in [6.45, 7) is 1.26. The zero-order valence-corrected chi connectivity index (χ0v) is 13.4. The van der Waals surface area contributed by atoms with Crippen molar-refractivity contribution in [2.24, 2.45) is 5.73 Å². The maximum Gasteiger partial charge on any atom is 0.260 e. The van der Waals surface area contributed by atoms with Crippen molar-refractivity contribution in [3.63, 3.8) is 0 Å². The molecule has 2 aromatic rings. The molecule has 0 unspecified atom stereocenters. The highest BCUT2D eigenvalue weighted by molar-refractivity contribution is 6.08. The molecule has 3 rings (SSSR count). The summed E-state index contributed by atoms with van der Waals surface area (Å²) in [6, 6.07) is 16.0. The van der Waals surface area contributed by atoms with E-state index in [1.165, 1.54) is 0 Å². The lowest BCUT2D eigenvalue weighted by Crippen LogP contribution is -2.35. The number of nitrogens with zero attached hydrogens (tertiary/aromatic N) is 1. The number of benzene rings is 2. The molecule has 0 saturated carbocycles. The van der Waals surface area contributed by atoms with Crippen LogP contribution in [0, 0.1) is 0 Å². The maximum absolute atomic E-state index is 12.3. The molecule has 2 N–H and O–H groups in total. The second-order valence-electron chi connectivity index (χ2n) is 5.90. The SMILES string of the molecule is N[C@H]1CCN(C(=O)COc2ccc(C(=O)c3ccccc3)cc2)C1. The molecule has 1 saturated heterocycles. The molecular formula is C19H20N2O3. The van der Waals surface area contributed by atoms with E-state index in [0.717, 1.165) is 6.42 Å². The first-order chi connectivity index (χ1) is 11.6. The van der Waals surface area contributed by atoms with Crippen molar-refractivity contribution in [2.75, 3.05) is 19.7 Å². The smallest absolute Gasteiger partial charge is 0.260 e. The Hall–Kier alpha value is -2.66. The van der Waals surface area contributed by atoms with Gasteiger partial charge in [-0.3, -0.25) is 9.59 Å². The number of hydrogen-bond donors (Lipinski definition) is 1. The Morgan fingerprint density at radius 3 is 2.33 bits per heavy atom. The largest absolute Gasteiger partial charge is 0.484 e. The summed E-state index contributed by atoms with van der Waals surface area (Å²) in [5.74, 6) is 0.466. The van der Waals surface area contributed by atoms with Crippen molar-refractivity contribution < 1.29 is 14.3 Å². The van der Waals surface area contributed by atoms with Gasteiger partial charge in [0.15, 0.2) is 12.4 Å². The molecule has 1 aliphatic heterocycles. The van der Waals surface area contributed by atoms with Crippen molar-refractivity contribution >= 4 is 11.7 Å². The minimum absolute atomic E-state index is 0.0152. The van der Waals surface area contributed by atoms with E-state index in [4.69, 9.17) is 10.5 Å². The highest BCUT2D eigenvalue weighted by Gasteiger charge is 2.23. The molecule has 1 amide bonds. The van der Waals surface area contributed by atoms with Gasteiger partial charge in [0.2, 0.25) is 0 Å². The molecular weight excluding hydrogens is 304 g/mol. The summed E-state index contributed by atoms with van der Waals surface area (Å²) in [4.78, 5) is 26.1. The Morgan fingerprint density at radius 1 is 1.04 bits per heavy atom. The van der Waals surface area contributed by atoms with E-state index >= 15 is 0 Å². The normalized spacial score (nSPS) is 16.9. The van der Waals surface area contributed by atoms with E-state index in [-0.39, 0.29) is 24.3 Å². The van der Waals surface area contributed by atoms with Gasteiger partial charge in [-0.15, -0.1) is 0 Å². The number of nitrogens with two attached hydrogens (primary N) is 1. The lowest BCUT2D eigenvalue weighted by Gasteiger charge is -2.16. The van der Waals surface area contributed by atoms with Gasteiger partial charge in [0.1, 0.15) is 5.75 Å². The number of likely N-dealkylation sites (tertiary alicyclic amines) is 1. The molecule has 1 atom stereocenters. The lowest BCUT2D eigenvalue weighted by molar-refractivity contribution is -0.132. The van der Waals surface area contributed by atoms with Crippen molar-refractivity contribution in [2.45, 2.75) is 12.5 Å². The van der Waals surface area contributed by atoms with E-state index in [2.05, 4.69) is 0 Å². The monoisotopic (exact) mass is 324 g/mol. The quantitative estimate of drug-likeness (QED) is 0.852. The number of ketones is 1. The Labute approximate surface area is 141 Å². The van der Waals surface area contributed by atoms with Crippen LogP contribution in [0.5, 0.6) is 5.75 Å². The molecule has 0 aliphatic carbocycles. The molecule has 1 heterocycles. The topological polar surface area (TPSA) is 72.6 Å². The van der Waals surface area contributed by atoms with Gasteiger partial charge < -0.3 is 15.4 Å². The molecule has 124 valence electrons. The van der Waals surface area contributed by atoms with Crippen molar-refractivity contribution in [1.29, 1.82) is 0 Å². The standard InChI is InChI=1S/C19H20N2O3/c20-16-10-11-21(12-16)18(22)13-24-17-8-6-15(7-9-17)19(23)14-4-2-1-3-5-14/h1-9,16H,10-13,20H2/t16-/m0/s1. The van der Waals surface area contributed by atoms with Crippen LogP contribution in [-0.4, -0.2) is 42.3 Å². The number of rotatable bonds is 5.